The first-order valence-corrected chi connectivity index (χ1v) is 9.22. The molecule has 0 spiro atoms. The molecule has 1 N–H and O–H groups in total. The lowest BCUT2D eigenvalue weighted by molar-refractivity contribution is -0.274. The van der Waals surface area contributed by atoms with Crippen LogP contribution in [0.2, 0.25) is 0 Å². The Hall–Kier alpha value is -3.55. The molecule has 30 heavy (non-hydrogen) atoms. The van der Waals surface area contributed by atoms with Crippen LogP contribution in [-0.2, 0) is 6.42 Å². The van der Waals surface area contributed by atoms with Crippen molar-refractivity contribution in [2.24, 2.45) is 0 Å². The number of amides is 1. The lowest BCUT2D eigenvalue weighted by atomic mass is 9.95. The number of halogens is 3. The van der Waals surface area contributed by atoms with Crippen molar-refractivity contribution >= 4 is 5.91 Å². The van der Waals surface area contributed by atoms with Crippen molar-refractivity contribution in [3.63, 3.8) is 0 Å². The van der Waals surface area contributed by atoms with Gasteiger partial charge in [0, 0.05) is 29.3 Å². The first-order valence-electron chi connectivity index (χ1n) is 9.22. The predicted octanol–water partition coefficient (Wildman–Crippen LogP) is 4.38. The van der Waals surface area contributed by atoms with E-state index in [2.05, 4.69) is 15.0 Å². The van der Waals surface area contributed by atoms with E-state index in [-0.39, 0.29) is 17.4 Å². The van der Waals surface area contributed by atoms with Gasteiger partial charge in [-0.05, 0) is 42.5 Å². The summed E-state index contributed by atoms with van der Waals surface area (Å²) in [5.74, 6) is -0.0350. The third-order valence-corrected chi connectivity index (χ3v) is 4.65. The second kappa shape index (κ2) is 8.06. The Balaban J connectivity index is 1.47. The molecule has 5 nitrogen and oxygen atoms in total. The molecule has 2 heterocycles. The van der Waals surface area contributed by atoms with Crippen LogP contribution in [0.25, 0.3) is 11.3 Å². The van der Waals surface area contributed by atoms with E-state index in [0.717, 1.165) is 34.7 Å². The third-order valence-electron chi connectivity index (χ3n) is 4.65. The maximum absolute atomic E-state index is 12.5. The van der Waals surface area contributed by atoms with Gasteiger partial charge >= 0.3 is 6.36 Å². The molecule has 0 fully saturated rings. The Kier molecular flexibility index (Phi) is 5.31. The van der Waals surface area contributed by atoms with Crippen LogP contribution in [0.1, 0.15) is 15.9 Å². The number of hydrogen-bond donors (Lipinski definition) is 1. The summed E-state index contributed by atoms with van der Waals surface area (Å²) >= 11 is 0. The van der Waals surface area contributed by atoms with Crippen molar-refractivity contribution in [2.75, 3.05) is 6.61 Å². The van der Waals surface area contributed by atoms with E-state index >= 15 is 0 Å². The van der Waals surface area contributed by atoms with Gasteiger partial charge in [0.05, 0.1) is 11.7 Å². The number of nitrogens with one attached hydrogen (secondary N) is 1. The van der Waals surface area contributed by atoms with Crippen LogP contribution in [0.3, 0.4) is 0 Å². The largest absolute Gasteiger partial charge is 0.573 e. The summed E-state index contributed by atoms with van der Waals surface area (Å²) < 4.78 is 46.4. The standard InChI is InChI=1S/C22H17F3N2O3/c23-22(24,25)30-16-9-7-14(8-10-16)21(28)27-15-12-18-17(19-5-1-2-11-26-19)4-3-6-20(18)29-13-15/h1-11,15H,12-13H2,(H,27,28)/t15-/m0/s1. The summed E-state index contributed by atoms with van der Waals surface area (Å²) in [6.07, 6.45) is -2.52. The summed E-state index contributed by atoms with van der Waals surface area (Å²) in [4.78, 5) is 16.9. The molecule has 1 aliphatic heterocycles. The van der Waals surface area contributed by atoms with Gasteiger partial charge in [-0.1, -0.05) is 18.2 Å². The molecule has 1 aromatic heterocycles. The minimum absolute atomic E-state index is 0.230. The minimum atomic E-state index is -4.78. The molecule has 0 aliphatic carbocycles. The van der Waals surface area contributed by atoms with Crippen LogP contribution in [-0.4, -0.2) is 29.9 Å². The van der Waals surface area contributed by atoms with Crippen LogP contribution in [0.5, 0.6) is 11.5 Å². The van der Waals surface area contributed by atoms with E-state index in [1.165, 1.54) is 12.1 Å². The number of ether oxygens (including phenoxy) is 2. The van der Waals surface area contributed by atoms with Gasteiger partial charge in [-0.25, -0.2) is 0 Å². The van der Waals surface area contributed by atoms with Crippen molar-refractivity contribution < 1.29 is 27.4 Å². The molecule has 0 saturated carbocycles. The smallest absolute Gasteiger partial charge is 0.491 e. The molecular weight excluding hydrogens is 397 g/mol. The van der Waals surface area contributed by atoms with Gasteiger partial charge < -0.3 is 14.8 Å². The van der Waals surface area contributed by atoms with Crippen molar-refractivity contribution in [2.45, 2.75) is 18.8 Å². The monoisotopic (exact) mass is 414 g/mol. The second-order valence-electron chi connectivity index (χ2n) is 6.75. The number of fused-ring (bicyclic) bond motifs is 1. The summed E-state index contributed by atoms with van der Waals surface area (Å²) in [5, 5.41) is 2.88. The van der Waals surface area contributed by atoms with Gasteiger partial charge in [0.1, 0.15) is 18.1 Å². The van der Waals surface area contributed by atoms with Crippen LogP contribution < -0.4 is 14.8 Å². The maximum atomic E-state index is 12.5. The quantitative estimate of drug-likeness (QED) is 0.688. The van der Waals surface area contributed by atoms with E-state index < -0.39 is 12.3 Å². The molecule has 0 saturated heterocycles. The molecular formula is C22H17F3N2O3. The molecule has 154 valence electrons. The van der Waals surface area contributed by atoms with E-state index in [1.807, 2.05) is 36.4 Å². The fourth-order valence-electron chi connectivity index (χ4n) is 3.34. The fourth-order valence-corrected chi connectivity index (χ4v) is 3.34. The van der Waals surface area contributed by atoms with Crippen molar-refractivity contribution in [3.8, 4) is 22.8 Å². The predicted molar refractivity (Wildman–Crippen MR) is 103 cm³/mol. The zero-order valence-corrected chi connectivity index (χ0v) is 15.6. The average molecular weight is 414 g/mol. The number of rotatable bonds is 4. The molecule has 8 heteroatoms. The Morgan fingerprint density at radius 1 is 1.07 bits per heavy atom. The highest BCUT2D eigenvalue weighted by molar-refractivity contribution is 5.94. The number of nitrogens with zero attached hydrogens (tertiary/aromatic N) is 1. The lowest BCUT2D eigenvalue weighted by Gasteiger charge is -2.27. The summed E-state index contributed by atoms with van der Waals surface area (Å²) in [6.45, 7) is 0.291. The molecule has 3 aromatic rings. The highest BCUT2D eigenvalue weighted by atomic mass is 19.4. The Labute approximate surface area is 170 Å². The Morgan fingerprint density at radius 3 is 2.57 bits per heavy atom. The highest BCUT2D eigenvalue weighted by Crippen LogP contribution is 2.33. The number of pyridine rings is 1. The molecule has 0 radical (unpaired) electrons. The van der Waals surface area contributed by atoms with Gasteiger partial charge in [0.2, 0.25) is 0 Å². The zero-order valence-electron chi connectivity index (χ0n) is 15.6. The molecule has 0 bridgehead atoms. The first kappa shape index (κ1) is 19.8. The number of hydrogen-bond acceptors (Lipinski definition) is 4. The van der Waals surface area contributed by atoms with Crippen LogP contribution >= 0.6 is 0 Å². The highest BCUT2D eigenvalue weighted by Gasteiger charge is 2.31. The average Bonchev–Trinajstić information content (AvgIpc) is 2.73. The zero-order chi connectivity index (χ0) is 21.1. The summed E-state index contributed by atoms with van der Waals surface area (Å²) in [7, 11) is 0. The lowest BCUT2D eigenvalue weighted by Crippen LogP contribution is -2.42. The molecule has 0 unspecified atom stereocenters. The van der Waals surface area contributed by atoms with Gasteiger partial charge in [0.25, 0.3) is 5.91 Å². The molecule has 4 rings (SSSR count). The molecule has 1 aliphatic rings. The molecule has 1 amide bonds. The Bertz CT molecular complexity index is 1040. The maximum Gasteiger partial charge on any atom is 0.573 e. The van der Waals surface area contributed by atoms with Gasteiger partial charge in [0.15, 0.2) is 0 Å². The van der Waals surface area contributed by atoms with Crippen LogP contribution in [0.15, 0.2) is 66.9 Å². The van der Waals surface area contributed by atoms with E-state index in [0.29, 0.717) is 13.0 Å². The number of benzene rings is 2. The topological polar surface area (TPSA) is 60.5 Å². The SMILES string of the molecule is O=C(N[C@@H]1COc2cccc(-c3ccccn3)c2C1)c1ccc(OC(F)(F)F)cc1. The van der Waals surface area contributed by atoms with Crippen molar-refractivity contribution in [3.05, 3.63) is 78.0 Å². The number of carbonyl (C=O) groups excluding carboxylic acids is 1. The van der Waals surface area contributed by atoms with E-state index in [1.54, 1.807) is 6.20 Å². The van der Waals surface area contributed by atoms with Gasteiger partial charge in [-0.3, -0.25) is 9.78 Å². The Morgan fingerprint density at radius 2 is 1.87 bits per heavy atom. The van der Waals surface area contributed by atoms with Crippen molar-refractivity contribution in [1.29, 1.82) is 0 Å². The summed E-state index contributed by atoms with van der Waals surface area (Å²) in [6, 6.07) is 15.9. The van der Waals surface area contributed by atoms with Gasteiger partial charge in [-0.15, -0.1) is 13.2 Å². The first-order chi connectivity index (χ1) is 14.4. The van der Waals surface area contributed by atoms with E-state index in [4.69, 9.17) is 4.74 Å². The van der Waals surface area contributed by atoms with Gasteiger partial charge in [-0.2, -0.15) is 0 Å². The molecule has 2 aromatic carbocycles. The minimum Gasteiger partial charge on any atom is -0.491 e. The van der Waals surface area contributed by atoms with Crippen LogP contribution in [0.4, 0.5) is 13.2 Å². The van der Waals surface area contributed by atoms with E-state index in [9.17, 15) is 18.0 Å². The number of alkyl halides is 3. The van der Waals surface area contributed by atoms with Crippen molar-refractivity contribution in [1.82, 2.24) is 10.3 Å². The summed E-state index contributed by atoms with van der Waals surface area (Å²) in [5.41, 5.74) is 2.92. The second-order valence-corrected chi connectivity index (χ2v) is 6.75. The van der Waals surface area contributed by atoms with Crippen LogP contribution in [0, 0.1) is 0 Å². The molecule has 1 atom stereocenters. The third kappa shape index (κ3) is 4.53. The number of aromatic nitrogens is 1. The fraction of sp³-hybridized carbons (Fsp3) is 0.182. The number of carbonyl (C=O) groups is 1. The normalized spacial score (nSPS) is 15.6.